The van der Waals surface area contributed by atoms with E-state index in [0.29, 0.717) is 43.1 Å². The third-order valence-electron chi connectivity index (χ3n) is 4.98. The van der Waals surface area contributed by atoms with Crippen LogP contribution >= 0.6 is 11.6 Å². The van der Waals surface area contributed by atoms with E-state index >= 15 is 0 Å². The van der Waals surface area contributed by atoms with Crippen LogP contribution in [0.5, 0.6) is 11.5 Å². The molecule has 30 heavy (non-hydrogen) atoms. The number of sulfonamides is 1. The summed E-state index contributed by atoms with van der Waals surface area (Å²) >= 11 is 6.21. The van der Waals surface area contributed by atoms with Crippen LogP contribution in [0.1, 0.15) is 28.8 Å². The molecule has 3 rings (SSSR count). The topological polar surface area (TPSA) is 84.9 Å². The Hall–Kier alpha value is -2.45. The fourth-order valence-corrected chi connectivity index (χ4v) is 5.21. The summed E-state index contributed by atoms with van der Waals surface area (Å²) in [5, 5.41) is 3.12. The van der Waals surface area contributed by atoms with Crippen molar-refractivity contribution in [1.29, 1.82) is 0 Å². The van der Waals surface area contributed by atoms with E-state index in [1.54, 1.807) is 26.4 Å². The zero-order valence-corrected chi connectivity index (χ0v) is 18.6. The van der Waals surface area contributed by atoms with E-state index in [1.807, 2.05) is 18.2 Å². The van der Waals surface area contributed by atoms with E-state index in [2.05, 4.69) is 5.32 Å². The first-order valence-electron chi connectivity index (χ1n) is 9.65. The molecule has 0 radical (unpaired) electrons. The number of carbonyl (C=O) groups excluding carboxylic acids is 1. The van der Waals surface area contributed by atoms with Gasteiger partial charge in [-0.05, 0) is 55.2 Å². The van der Waals surface area contributed by atoms with Crippen LogP contribution in [-0.2, 0) is 16.4 Å². The molecular formula is C21H25ClN2O5S. The van der Waals surface area contributed by atoms with Crippen LogP contribution < -0.4 is 19.1 Å². The molecule has 0 spiro atoms. The van der Waals surface area contributed by atoms with Gasteiger partial charge < -0.3 is 14.8 Å². The van der Waals surface area contributed by atoms with Gasteiger partial charge in [-0.1, -0.05) is 17.7 Å². The van der Waals surface area contributed by atoms with Crippen LogP contribution in [0.2, 0.25) is 5.02 Å². The first-order chi connectivity index (χ1) is 14.4. The molecule has 1 heterocycles. The zero-order chi connectivity index (χ0) is 21.7. The van der Waals surface area contributed by atoms with E-state index in [0.717, 1.165) is 12.0 Å². The molecule has 162 valence electrons. The maximum Gasteiger partial charge on any atom is 0.252 e. The van der Waals surface area contributed by atoms with Crippen molar-refractivity contribution in [3.63, 3.8) is 0 Å². The third-order valence-corrected chi connectivity index (χ3v) is 7.18. The molecule has 2 aromatic carbocycles. The van der Waals surface area contributed by atoms with Crippen LogP contribution in [0.4, 0.5) is 5.69 Å². The number of hydrogen-bond acceptors (Lipinski definition) is 5. The van der Waals surface area contributed by atoms with E-state index in [-0.39, 0.29) is 22.2 Å². The molecule has 1 N–H and O–H groups in total. The lowest BCUT2D eigenvalue weighted by Gasteiger charge is -2.28. The summed E-state index contributed by atoms with van der Waals surface area (Å²) in [6.45, 7) is 0.793. The minimum absolute atomic E-state index is 0.114. The summed E-state index contributed by atoms with van der Waals surface area (Å²) in [4.78, 5) is 12.7. The predicted molar refractivity (Wildman–Crippen MR) is 117 cm³/mol. The Labute approximate surface area is 182 Å². The highest BCUT2D eigenvalue weighted by Gasteiger charge is 2.27. The van der Waals surface area contributed by atoms with Crippen molar-refractivity contribution in [2.45, 2.75) is 19.3 Å². The average Bonchev–Trinajstić information content (AvgIpc) is 2.73. The van der Waals surface area contributed by atoms with E-state index in [4.69, 9.17) is 21.1 Å². The van der Waals surface area contributed by atoms with Gasteiger partial charge in [-0.2, -0.15) is 0 Å². The third kappa shape index (κ3) is 4.99. The van der Waals surface area contributed by atoms with Crippen LogP contribution in [0, 0.1) is 0 Å². The Kier molecular flexibility index (Phi) is 7.10. The van der Waals surface area contributed by atoms with Gasteiger partial charge in [0.1, 0.15) is 0 Å². The quantitative estimate of drug-likeness (QED) is 0.697. The Balaban J connectivity index is 1.68. The number of nitrogens with one attached hydrogen (secondary N) is 1. The van der Waals surface area contributed by atoms with Crippen molar-refractivity contribution < 1.29 is 22.7 Å². The van der Waals surface area contributed by atoms with Gasteiger partial charge in [0, 0.05) is 13.1 Å². The van der Waals surface area contributed by atoms with Crippen LogP contribution in [0.3, 0.4) is 0 Å². The number of anilines is 1. The molecule has 1 aliphatic rings. The van der Waals surface area contributed by atoms with Crippen molar-refractivity contribution in [1.82, 2.24) is 5.32 Å². The van der Waals surface area contributed by atoms with E-state index < -0.39 is 10.0 Å². The summed E-state index contributed by atoms with van der Waals surface area (Å²) in [7, 11) is -0.216. The average molecular weight is 453 g/mol. The number of halogens is 1. The minimum atomic E-state index is -3.36. The van der Waals surface area contributed by atoms with Crippen molar-refractivity contribution in [2.75, 3.05) is 37.4 Å². The van der Waals surface area contributed by atoms with Gasteiger partial charge in [-0.25, -0.2) is 8.42 Å². The molecule has 0 aromatic heterocycles. The lowest BCUT2D eigenvalue weighted by atomic mass is 10.1. The maximum atomic E-state index is 12.7. The monoisotopic (exact) mass is 452 g/mol. The molecular weight excluding hydrogens is 428 g/mol. The van der Waals surface area contributed by atoms with Gasteiger partial charge >= 0.3 is 0 Å². The van der Waals surface area contributed by atoms with Crippen LogP contribution in [0.25, 0.3) is 0 Å². The largest absolute Gasteiger partial charge is 0.493 e. The normalized spacial score (nSPS) is 15.5. The van der Waals surface area contributed by atoms with Gasteiger partial charge in [0.25, 0.3) is 5.91 Å². The molecule has 0 atom stereocenters. The second-order valence-corrected chi connectivity index (χ2v) is 9.37. The van der Waals surface area contributed by atoms with E-state index in [9.17, 15) is 13.2 Å². The number of benzene rings is 2. The van der Waals surface area contributed by atoms with Gasteiger partial charge in [-0.3, -0.25) is 9.10 Å². The zero-order valence-electron chi connectivity index (χ0n) is 17.0. The molecule has 7 nitrogen and oxygen atoms in total. The Bertz CT molecular complexity index is 1030. The summed E-state index contributed by atoms with van der Waals surface area (Å²) < 4.78 is 36.6. The predicted octanol–water partition coefficient (Wildman–Crippen LogP) is 3.26. The number of amides is 1. The fourth-order valence-electron chi connectivity index (χ4n) is 3.37. The van der Waals surface area contributed by atoms with Crippen LogP contribution in [-0.4, -0.2) is 47.4 Å². The molecule has 0 unspecified atom stereocenters. The summed E-state index contributed by atoms with van der Waals surface area (Å²) in [5.74, 6) is 1.03. The molecule has 0 bridgehead atoms. The SMILES string of the molecule is COc1ccc(CCNC(=O)c2cc(N3CCCCS3(=O)=O)ccc2Cl)cc1OC. The first kappa shape index (κ1) is 22.2. The molecule has 9 heteroatoms. The van der Waals surface area contributed by atoms with E-state index in [1.165, 1.54) is 10.4 Å². The molecule has 1 saturated heterocycles. The Morgan fingerprint density at radius 1 is 1.10 bits per heavy atom. The Morgan fingerprint density at radius 2 is 1.87 bits per heavy atom. The lowest BCUT2D eigenvalue weighted by Crippen LogP contribution is -2.38. The second-order valence-electron chi connectivity index (χ2n) is 6.95. The number of hydrogen-bond donors (Lipinski definition) is 1. The van der Waals surface area contributed by atoms with Gasteiger partial charge in [0.2, 0.25) is 10.0 Å². The number of methoxy groups -OCH3 is 2. The number of nitrogens with zero attached hydrogens (tertiary/aromatic N) is 1. The number of rotatable bonds is 7. The summed E-state index contributed by atoms with van der Waals surface area (Å²) in [6.07, 6.45) is 2.02. The highest BCUT2D eigenvalue weighted by atomic mass is 35.5. The standard InChI is InChI=1S/C21H25ClN2O5S/c1-28-19-8-5-15(13-20(19)29-2)9-10-23-21(25)17-14-16(6-7-18(17)22)24-11-3-4-12-30(24,26)27/h5-8,13-14H,3-4,9-12H2,1-2H3,(H,23,25). The molecule has 0 aliphatic carbocycles. The molecule has 1 fully saturated rings. The Morgan fingerprint density at radius 3 is 2.57 bits per heavy atom. The smallest absolute Gasteiger partial charge is 0.252 e. The lowest BCUT2D eigenvalue weighted by molar-refractivity contribution is 0.0954. The number of carbonyl (C=O) groups is 1. The van der Waals surface area contributed by atoms with Crippen LogP contribution in [0.15, 0.2) is 36.4 Å². The highest BCUT2D eigenvalue weighted by molar-refractivity contribution is 7.92. The van der Waals surface area contributed by atoms with Gasteiger partial charge in [-0.15, -0.1) is 0 Å². The van der Waals surface area contributed by atoms with Crippen molar-refractivity contribution in [3.05, 3.63) is 52.5 Å². The van der Waals surface area contributed by atoms with Gasteiger partial charge in [0.05, 0.1) is 36.2 Å². The second kappa shape index (κ2) is 9.57. The summed E-state index contributed by atoms with van der Waals surface area (Å²) in [6, 6.07) is 10.3. The van der Waals surface area contributed by atoms with Crippen molar-refractivity contribution in [3.8, 4) is 11.5 Å². The number of ether oxygens (including phenoxy) is 2. The van der Waals surface area contributed by atoms with Crippen molar-refractivity contribution in [2.24, 2.45) is 0 Å². The minimum Gasteiger partial charge on any atom is -0.493 e. The van der Waals surface area contributed by atoms with Gasteiger partial charge in [0.15, 0.2) is 11.5 Å². The molecule has 1 aliphatic heterocycles. The first-order valence-corrected chi connectivity index (χ1v) is 11.6. The summed E-state index contributed by atoms with van der Waals surface area (Å²) in [5.41, 5.74) is 1.69. The van der Waals surface area contributed by atoms with Crippen molar-refractivity contribution >= 4 is 33.2 Å². The molecule has 1 amide bonds. The highest BCUT2D eigenvalue weighted by Crippen LogP contribution is 2.29. The fraction of sp³-hybridized carbons (Fsp3) is 0.381. The molecule has 2 aromatic rings. The maximum absolute atomic E-state index is 12.7. The molecule has 0 saturated carbocycles.